The molecule has 0 aromatic carbocycles. The van der Waals surface area contributed by atoms with E-state index in [0.717, 1.165) is 4.91 Å². The molecule has 54 valence electrons. The van der Waals surface area contributed by atoms with E-state index in [1.165, 1.54) is 11.8 Å². The van der Waals surface area contributed by atoms with Gasteiger partial charge in [0.1, 0.15) is 6.07 Å². The van der Waals surface area contributed by atoms with Crippen molar-refractivity contribution >= 4 is 11.8 Å². The highest BCUT2D eigenvalue weighted by Gasteiger charge is 2.23. The Morgan fingerprint density at radius 2 is 2.60 bits per heavy atom. The predicted octanol–water partition coefficient (Wildman–Crippen LogP) is 0.476. The number of aliphatic hydroxyl groups is 1. The molecule has 0 aromatic heterocycles. The van der Waals surface area contributed by atoms with Crippen LogP contribution >= 0.6 is 11.8 Å². The van der Waals surface area contributed by atoms with Crippen LogP contribution in [0.2, 0.25) is 0 Å². The molecule has 1 N–H and O–H groups in total. The van der Waals surface area contributed by atoms with Crippen LogP contribution in [0.25, 0.3) is 0 Å². The van der Waals surface area contributed by atoms with Gasteiger partial charge in [0, 0.05) is 4.91 Å². The first kappa shape index (κ1) is 7.61. The summed E-state index contributed by atoms with van der Waals surface area (Å²) in [7, 11) is 0. The van der Waals surface area contributed by atoms with Gasteiger partial charge in [-0.3, -0.25) is 0 Å². The first-order valence-corrected chi connectivity index (χ1v) is 3.99. The van der Waals surface area contributed by atoms with E-state index in [9.17, 15) is 0 Å². The Balaban J connectivity index is 2.84. The van der Waals surface area contributed by atoms with Gasteiger partial charge in [-0.15, -0.1) is 11.8 Å². The van der Waals surface area contributed by atoms with Crippen LogP contribution in [-0.2, 0) is 4.74 Å². The van der Waals surface area contributed by atoms with Crippen LogP contribution in [0.15, 0.2) is 10.5 Å². The van der Waals surface area contributed by atoms with E-state index in [2.05, 4.69) is 0 Å². The van der Waals surface area contributed by atoms with Gasteiger partial charge in [0.15, 0.2) is 6.29 Å². The van der Waals surface area contributed by atoms with Gasteiger partial charge in [-0.1, -0.05) is 0 Å². The van der Waals surface area contributed by atoms with Crippen molar-refractivity contribution in [1.29, 1.82) is 5.26 Å². The summed E-state index contributed by atoms with van der Waals surface area (Å²) in [6.07, 6.45) is 0.862. The third kappa shape index (κ3) is 1.16. The first-order chi connectivity index (χ1) is 4.79. The Morgan fingerprint density at radius 3 is 3.00 bits per heavy atom. The van der Waals surface area contributed by atoms with E-state index < -0.39 is 6.29 Å². The number of nitriles is 1. The average Bonchev–Trinajstić information content (AvgIpc) is 2.30. The fourth-order valence-corrected chi connectivity index (χ4v) is 1.29. The normalized spacial score (nSPS) is 25.1. The molecule has 4 heteroatoms. The van der Waals surface area contributed by atoms with Crippen molar-refractivity contribution in [3.8, 4) is 6.07 Å². The second-order valence-electron chi connectivity index (χ2n) is 1.82. The molecule has 1 atom stereocenters. The van der Waals surface area contributed by atoms with Gasteiger partial charge in [-0.25, -0.2) is 0 Å². The molecule has 1 heterocycles. The largest absolute Gasteiger partial charge is 0.364 e. The zero-order valence-electron chi connectivity index (χ0n) is 5.50. The lowest BCUT2D eigenvalue weighted by atomic mass is 10.3. The van der Waals surface area contributed by atoms with Crippen LogP contribution in [0.3, 0.4) is 0 Å². The molecule has 0 fully saturated rings. The van der Waals surface area contributed by atoms with Crippen LogP contribution < -0.4 is 0 Å². The highest BCUT2D eigenvalue weighted by molar-refractivity contribution is 8.02. The van der Waals surface area contributed by atoms with Crippen LogP contribution in [0, 0.1) is 11.3 Å². The second kappa shape index (κ2) is 3.06. The van der Waals surface area contributed by atoms with Crippen molar-refractivity contribution in [1.82, 2.24) is 0 Å². The second-order valence-corrected chi connectivity index (χ2v) is 2.72. The molecule has 0 saturated heterocycles. The predicted molar refractivity (Wildman–Crippen MR) is 38.1 cm³/mol. The maximum absolute atomic E-state index is 8.97. The molecule has 10 heavy (non-hydrogen) atoms. The molecule has 1 aliphatic heterocycles. The molecule has 0 aromatic rings. The molecule has 0 aliphatic carbocycles. The van der Waals surface area contributed by atoms with Crippen molar-refractivity contribution < 1.29 is 9.84 Å². The molecule has 1 rings (SSSR count). The van der Waals surface area contributed by atoms with E-state index in [-0.39, 0.29) is 0 Å². The van der Waals surface area contributed by atoms with Gasteiger partial charge in [0.05, 0.1) is 12.2 Å². The average molecular weight is 157 g/mol. The molecule has 3 nitrogen and oxygen atoms in total. The molecule has 1 aliphatic rings. The highest BCUT2D eigenvalue weighted by atomic mass is 32.2. The maximum Gasteiger partial charge on any atom is 0.192 e. The fraction of sp³-hybridized carbons (Fsp3) is 0.500. The number of nitrogens with zero attached hydrogens (tertiary/aromatic N) is 1. The Labute approximate surface area is 63.3 Å². The minimum atomic E-state index is -0.993. The van der Waals surface area contributed by atoms with E-state index in [4.69, 9.17) is 15.1 Å². The summed E-state index contributed by atoms with van der Waals surface area (Å²) in [4.78, 5) is 0.829. The van der Waals surface area contributed by atoms with E-state index in [0.29, 0.717) is 12.2 Å². The molecular weight excluding hydrogens is 150 g/mol. The zero-order valence-corrected chi connectivity index (χ0v) is 6.31. The van der Waals surface area contributed by atoms with Crippen LogP contribution in [0.5, 0.6) is 0 Å². The lowest BCUT2D eigenvalue weighted by molar-refractivity contribution is -0.0431. The lowest BCUT2D eigenvalue weighted by Gasteiger charge is -1.97. The lowest BCUT2D eigenvalue weighted by Crippen LogP contribution is -2.06. The summed E-state index contributed by atoms with van der Waals surface area (Å²) in [5.74, 6) is 0. The van der Waals surface area contributed by atoms with Crippen molar-refractivity contribution in [3.63, 3.8) is 0 Å². The number of hydrogen-bond acceptors (Lipinski definition) is 4. The van der Waals surface area contributed by atoms with Crippen LogP contribution in [-0.4, -0.2) is 24.3 Å². The Morgan fingerprint density at radius 1 is 1.90 bits per heavy atom. The zero-order chi connectivity index (χ0) is 7.56. The monoisotopic (exact) mass is 157 g/mol. The van der Waals surface area contributed by atoms with Crippen molar-refractivity contribution in [2.75, 3.05) is 12.9 Å². The summed E-state index contributed by atoms with van der Waals surface area (Å²) in [6.45, 7) is 0.366. The maximum atomic E-state index is 8.97. The SMILES string of the molecule is CSC1=C(C#N)C(O)OC1. The Bertz CT molecular complexity index is 206. The smallest absolute Gasteiger partial charge is 0.192 e. The van der Waals surface area contributed by atoms with Gasteiger partial charge in [-0.2, -0.15) is 5.26 Å². The van der Waals surface area contributed by atoms with Crippen LogP contribution in [0.4, 0.5) is 0 Å². The minimum absolute atomic E-state index is 0.354. The van der Waals surface area contributed by atoms with Gasteiger partial charge < -0.3 is 9.84 Å². The van der Waals surface area contributed by atoms with E-state index in [1.54, 1.807) is 0 Å². The van der Waals surface area contributed by atoms with Crippen LogP contribution in [0.1, 0.15) is 0 Å². The summed E-state index contributed by atoms with van der Waals surface area (Å²) in [6, 6.07) is 1.90. The van der Waals surface area contributed by atoms with Gasteiger partial charge in [-0.05, 0) is 6.26 Å². The molecule has 1 unspecified atom stereocenters. The molecule has 0 bridgehead atoms. The summed E-state index contributed by atoms with van der Waals surface area (Å²) in [5, 5.41) is 17.5. The Kier molecular flexibility index (Phi) is 2.33. The number of thioether (sulfide) groups is 1. The summed E-state index contributed by atoms with van der Waals surface area (Å²) in [5.41, 5.74) is 0.354. The highest BCUT2D eigenvalue weighted by Crippen LogP contribution is 2.26. The Hall–Kier alpha value is -0.500. The van der Waals surface area contributed by atoms with Gasteiger partial charge in [0.2, 0.25) is 0 Å². The number of rotatable bonds is 1. The van der Waals surface area contributed by atoms with E-state index >= 15 is 0 Å². The third-order valence-corrected chi connectivity index (χ3v) is 2.12. The minimum Gasteiger partial charge on any atom is -0.364 e. The molecular formula is C6H7NO2S. The first-order valence-electron chi connectivity index (χ1n) is 2.76. The fourth-order valence-electron chi connectivity index (χ4n) is 0.740. The molecule has 0 radical (unpaired) electrons. The summed E-state index contributed by atoms with van der Waals surface area (Å²) >= 11 is 1.44. The molecule has 0 amide bonds. The van der Waals surface area contributed by atoms with Gasteiger partial charge in [0.25, 0.3) is 0 Å². The number of hydrogen-bond donors (Lipinski definition) is 1. The standard InChI is InChI=1S/C6H7NO2S/c1-10-5-3-9-6(8)4(5)2-7/h6,8H,3H2,1H3. The van der Waals surface area contributed by atoms with E-state index in [1.807, 2.05) is 12.3 Å². The molecule has 0 spiro atoms. The summed E-state index contributed by atoms with van der Waals surface area (Å²) < 4.78 is 4.80. The van der Waals surface area contributed by atoms with Crippen molar-refractivity contribution in [3.05, 3.63) is 10.5 Å². The van der Waals surface area contributed by atoms with Crippen molar-refractivity contribution in [2.45, 2.75) is 6.29 Å². The third-order valence-electron chi connectivity index (χ3n) is 1.29. The number of aliphatic hydroxyl groups excluding tert-OH is 1. The number of ether oxygens (including phenoxy) is 1. The van der Waals surface area contributed by atoms with Gasteiger partial charge >= 0.3 is 0 Å². The van der Waals surface area contributed by atoms with Crippen molar-refractivity contribution in [2.24, 2.45) is 0 Å². The quantitative estimate of drug-likeness (QED) is 0.601. The topological polar surface area (TPSA) is 53.2 Å². The molecule has 0 saturated carbocycles.